The van der Waals surface area contributed by atoms with E-state index in [1.807, 2.05) is 52.8 Å². The summed E-state index contributed by atoms with van der Waals surface area (Å²) in [6.45, 7) is 9.12. The lowest BCUT2D eigenvalue weighted by Gasteiger charge is -2.38. The molecule has 3 rings (SSSR count). The highest BCUT2D eigenvalue weighted by atomic mass is 16.2. The number of amides is 2. The number of Topliss-reactive ketones (excluding diaryl/α,β-unsaturated/α-hetero) is 1. The van der Waals surface area contributed by atoms with Gasteiger partial charge in [0.15, 0.2) is 5.78 Å². The third-order valence-corrected chi connectivity index (χ3v) is 6.10. The maximum Gasteiger partial charge on any atom is 0.255 e. The predicted molar refractivity (Wildman–Crippen MR) is 148 cm³/mol. The summed E-state index contributed by atoms with van der Waals surface area (Å²) in [5.41, 5.74) is 10.6. The van der Waals surface area contributed by atoms with Gasteiger partial charge in [0.2, 0.25) is 5.91 Å². The van der Waals surface area contributed by atoms with Crippen LogP contribution >= 0.6 is 0 Å². The highest BCUT2D eigenvalue weighted by molar-refractivity contribution is 6.06. The fraction of sp³-hybridized carbons (Fsp3) is 0.300. The fourth-order valence-electron chi connectivity index (χ4n) is 4.41. The van der Waals surface area contributed by atoms with Crippen molar-refractivity contribution in [2.45, 2.75) is 58.7 Å². The normalized spacial score (nSPS) is 12.6. The molecule has 2 amide bonds. The van der Waals surface area contributed by atoms with Gasteiger partial charge in [0.25, 0.3) is 5.91 Å². The van der Waals surface area contributed by atoms with Crippen molar-refractivity contribution in [3.63, 3.8) is 0 Å². The molecule has 0 bridgehead atoms. The van der Waals surface area contributed by atoms with Crippen molar-refractivity contribution in [3.8, 4) is 0 Å². The van der Waals surface area contributed by atoms with Crippen LogP contribution in [0.2, 0.25) is 0 Å². The van der Waals surface area contributed by atoms with Gasteiger partial charge < -0.3 is 10.2 Å². The molecule has 196 valence electrons. The molecule has 0 aliphatic heterocycles. The van der Waals surface area contributed by atoms with E-state index in [4.69, 9.17) is 0 Å². The fourth-order valence-corrected chi connectivity index (χ4v) is 4.41. The van der Waals surface area contributed by atoms with Crippen molar-refractivity contribution in [1.82, 2.24) is 10.2 Å². The molecule has 0 saturated carbocycles. The van der Waals surface area contributed by atoms with E-state index in [1.165, 1.54) is 4.90 Å². The minimum absolute atomic E-state index is 0.202. The number of azide groups is 1. The topological polar surface area (TPSA) is 115 Å². The molecule has 3 aromatic carbocycles. The Hall–Kier alpha value is -4.42. The van der Waals surface area contributed by atoms with Gasteiger partial charge in [-0.05, 0) is 56.8 Å². The predicted octanol–water partition coefficient (Wildman–Crippen LogP) is 6.70. The Labute approximate surface area is 223 Å². The number of rotatable bonds is 9. The van der Waals surface area contributed by atoms with Crippen LogP contribution in [0, 0.1) is 6.92 Å². The average molecular weight is 512 g/mol. The second-order valence-corrected chi connectivity index (χ2v) is 10.1. The highest BCUT2D eigenvalue weighted by Crippen LogP contribution is 2.35. The molecule has 1 N–H and O–H groups in total. The lowest BCUT2D eigenvalue weighted by Crippen LogP contribution is -2.54. The van der Waals surface area contributed by atoms with Crippen LogP contribution in [0.25, 0.3) is 10.4 Å². The second-order valence-electron chi connectivity index (χ2n) is 10.1. The van der Waals surface area contributed by atoms with E-state index in [2.05, 4.69) is 15.3 Å². The molecule has 0 aliphatic carbocycles. The Balaban J connectivity index is 2.32. The molecule has 2 atom stereocenters. The number of carbonyl (C=O) groups excluding carboxylic acids is 3. The molecule has 0 heterocycles. The van der Waals surface area contributed by atoms with Crippen LogP contribution in [0.15, 0.2) is 84.0 Å². The first kappa shape index (κ1) is 28.2. The first-order valence-corrected chi connectivity index (χ1v) is 12.5. The largest absolute Gasteiger partial charge is 0.349 e. The second kappa shape index (κ2) is 12.2. The first-order chi connectivity index (χ1) is 18.1. The van der Waals surface area contributed by atoms with Crippen LogP contribution in [0.1, 0.15) is 72.0 Å². The van der Waals surface area contributed by atoms with Crippen molar-refractivity contribution in [1.29, 1.82) is 0 Å². The Morgan fingerprint density at radius 2 is 1.55 bits per heavy atom. The van der Waals surface area contributed by atoms with Crippen LogP contribution in [0.5, 0.6) is 0 Å². The monoisotopic (exact) mass is 511 g/mol. The number of aryl methyl sites for hydroxylation is 1. The summed E-state index contributed by atoms with van der Waals surface area (Å²) in [4.78, 5) is 46.5. The van der Waals surface area contributed by atoms with Crippen molar-refractivity contribution < 1.29 is 14.4 Å². The zero-order valence-corrected chi connectivity index (χ0v) is 22.4. The quantitative estimate of drug-likeness (QED) is 0.149. The molecular weight excluding hydrogens is 478 g/mol. The minimum atomic E-state index is -1.25. The number of hydrogen-bond acceptors (Lipinski definition) is 4. The summed E-state index contributed by atoms with van der Waals surface area (Å²) < 4.78 is 0. The summed E-state index contributed by atoms with van der Waals surface area (Å²) in [6.07, 6.45) is 0.258. The molecule has 0 fully saturated rings. The van der Waals surface area contributed by atoms with Crippen LogP contribution in [0.3, 0.4) is 0 Å². The molecule has 2 unspecified atom stereocenters. The van der Waals surface area contributed by atoms with Gasteiger partial charge in [-0.15, -0.1) is 0 Å². The molecular formula is C30H33N5O3. The van der Waals surface area contributed by atoms with E-state index in [9.17, 15) is 19.9 Å². The number of ketones is 1. The smallest absolute Gasteiger partial charge is 0.255 e. The lowest BCUT2D eigenvalue weighted by atomic mass is 9.93. The summed E-state index contributed by atoms with van der Waals surface area (Å²) >= 11 is 0. The standard InChI is InChI=1S/C30H33N5O3/c1-6-25(27(36)21-15-8-7-9-16-21)35(29(38)22-17-11-10-14-20(22)2)26(28(37)32-30(3,4)5)23-18-12-13-19-24(23)33-34-31/h7-19,25-26H,6H2,1-5H3,(H,32,37). The SMILES string of the molecule is CCC(C(=O)c1ccccc1)N(C(=O)c1ccccc1C)C(C(=O)NC(C)(C)C)c1ccccc1N=[N+]=[N-]. The van der Waals surface area contributed by atoms with Crippen LogP contribution < -0.4 is 5.32 Å². The maximum absolute atomic E-state index is 14.3. The highest BCUT2D eigenvalue weighted by Gasteiger charge is 2.41. The van der Waals surface area contributed by atoms with E-state index in [1.54, 1.807) is 60.7 Å². The van der Waals surface area contributed by atoms with Gasteiger partial charge in [-0.3, -0.25) is 14.4 Å². The summed E-state index contributed by atoms with van der Waals surface area (Å²) in [5, 5.41) is 6.77. The van der Waals surface area contributed by atoms with Crippen molar-refractivity contribution in [2.75, 3.05) is 0 Å². The Morgan fingerprint density at radius 1 is 0.947 bits per heavy atom. The van der Waals surface area contributed by atoms with E-state index in [0.29, 0.717) is 22.3 Å². The average Bonchev–Trinajstić information content (AvgIpc) is 2.88. The van der Waals surface area contributed by atoms with Crippen LogP contribution in [-0.4, -0.2) is 34.1 Å². The Kier molecular flexibility index (Phi) is 9.05. The zero-order valence-electron chi connectivity index (χ0n) is 22.4. The molecule has 0 spiro atoms. The van der Waals surface area contributed by atoms with E-state index < -0.39 is 29.4 Å². The van der Waals surface area contributed by atoms with Crippen LogP contribution in [0.4, 0.5) is 5.69 Å². The Morgan fingerprint density at radius 3 is 2.16 bits per heavy atom. The summed E-state index contributed by atoms with van der Waals surface area (Å²) in [5.74, 6) is -1.24. The van der Waals surface area contributed by atoms with Crippen molar-refractivity contribution in [2.24, 2.45) is 5.11 Å². The molecule has 38 heavy (non-hydrogen) atoms. The number of nitrogens with one attached hydrogen (secondary N) is 1. The van der Waals surface area contributed by atoms with Gasteiger partial charge in [0, 0.05) is 27.3 Å². The maximum atomic E-state index is 14.3. The number of benzene rings is 3. The molecule has 0 saturated heterocycles. The first-order valence-electron chi connectivity index (χ1n) is 12.5. The lowest BCUT2D eigenvalue weighted by molar-refractivity contribution is -0.127. The van der Waals surface area contributed by atoms with Crippen molar-refractivity contribution in [3.05, 3.63) is 112 Å². The third-order valence-electron chi connectivity index (χ3n) is 6.10. The van der Waals surface area contributed by atoms with Crippen LogP contribution in [-0.2, 0) is 4.79 Å². The number of carbonyl (C=O) groups is 3. The molecule has 0 aromatic heterocycles. The van der Waals surface area contributed by atoms with Crippen molar-refractivity contribution >= 4 is 23.3 Å². The zero-order chi connectivity index (χ0) is 27.9. The van der Waals surface area contributed by atoms with Gasteiger partial charge in [0.05, 0.1) is 6.04 Å². The summed E-state index contributed by atoms with van der Waals surface area (Å²) in [7, 11) is 0. The van der Waals surface area contributed by atoms with Gasteiger partial charge >= 0.3 is 0 Å². The Bertz CT molecular complexity index is 1360. The molecule has 8 heteroatoms. The third kappa shape index (κ3) is 6.47. The van der Waals surface area contributed by atoms with Gasteiger partial charge in [-0.2, -0.15) is 0 Å². The van der Waals surface area contributed by atoms with E-state index in [0.717, 1.165) is 0 Å². The van der Waals surface area contributed by atoms with E-state index in [-0.39, 0.29) is 17.9 Å². The summed E-state index contributed by atoms with van der Waals surface area (Å²) in [6, 6.07) is 20.2. The van der Waals surface area contributed by atoms with Gasteiger partial charge in [0.1, 0.15) is 6.04 Å². The number of hydrogen-bond donors (Lipinski definition) is 1. The molecule has 3 aromatic rings. The van der Waals surface area contributed by atoms with Gasteiger partial charge in [-0.1, -0.05) is 84.8 Å². The van der Waals surface area contributed by atoms with Gasteiger partial charge in [-0.25, -0.2) is 0 Å². The molecule has 0 radical (unpaired) electrons. The van der Waals surface area contributed by atoms with E-state index >= 15 is 0 Å². The molecule has 0 aliphatic rings. The number of nitrogens with zero attached hydrogens (tertiary/aromatic N) is 4. The minimum Gasteiger partial charge on any atom is -0.349 e. The molecule has 8 nitrogen and oxygen atoms in total.